The van der Waals surface area contributed by atoms with E-state index in [2.05, 4.69) is 40.2 Å². The first-order valence-electron chi connectivity index (χ1n) is 7.37. The molecule has 5 heteroatoms. The largest absolute Gasteiger partial charge is 0.348 e. The van der Waals surface area contributed by atoms with Crippen molar-refractivity contribution in [1.29, 1.82) is 0 Å². The van der Waals surface area contributed by atoms with Crippen molar-refractivity contribution in [3.63, 3.8) is 0 Å². The van der Waals surface area contributed by atoms with Crippen LogP contribution in [-0.2, 0) is 18.4 Å². The van der Waals surface area contributed by atoms with Crippen LogP contribution in [0.4, 0.5) is 0 Å². The normalized spacial score (nSPS) is 10.7. The predicted molar refractivity (Wildman–Crippen MR) is 90.7 cm³/mol. The molecule has 116 valence electrons. The Morgan fingerprint density at radius 1 is 1.35 bits per heavy atom. The van der Waals surface area contributed by atoms with Gasteiger partial charge in [0, 0.05) is 30.7 Å². The predicted octanol–water partition coefficient (Wildman–Crippen LogP) is 2.75. The third kappa shape index (κ3) is 2.99. The molecule has 0 aliphatic heterocycles. The lowest BCUT2D eigenvalue weighted by molar-refractivity contribution is -0.116. The van der Waals surface area contributed by atoms with Crippen molar-refractivity contribution in [1.82, 2.24) is 20.1 Å². The minimum absolute atomic E-state index is 0.189. The van der Waals surface area contributed by atoms with Gasteiger partial charge in [0.25, 0.3) is 0 Å². The van der Waals surface area contributed by atoms with Crippen molar-refractivity contribution in [3.8, 4) is 11.3 Å². The first-order chi connectivity index (χ1) is 11.1. The van der Waals surface area contributed by atoms with Gasteiger partial charge >= 0.3 is 0 Å². The van der Waals surface area contributed by atoms with E-state index in [4.69, 9.17) is 0 Å². The second kappa shape index (κ2) is 6.04. The third-order valence-corrected chi connectivity index (χ3v) is 3.81. The second-order valence-corrected chi connectivity index (χ2v) is 5.41. The van der Waals surface area contributed by atoms with Gasteiger partial charge in [0.15, 0.2) is 0 Å². The van der Waals surface area contributed by atoms with E-state index in [1.807, 2.05) is 30.8 Å². The average molecular weight is 306 g/mol. The molecule has 3 rings (SSSR count). The van der Waals surface area contributed by atoms with Crippen molar-refractivity contribution < 1.29 is 4.79 Å². The van der Waals surface area contributed by atoms with Gasteiger partial charge in [-0.25, -0.2) is 0 Å². The second-order valence-electron chi connectivity index (χ2n) is 5.41. The van der Waals surface area contributed by atoms with E-state index in [0.29, 0.717) is 6.54 Å². The molecule has 0 unspecified atom stereocenters. The van der Waals surface area contributed by atoms with E-state index in [-0.39, 0.29) is 5.91 Å². The summed E-state index contributed by atoms with van der Waals surface area (Å²) in [6, 6.07) is 10.1. The summed E-state index contributed by atoms with van der Waals surface area (Å²) in [4.78, 5) is 15.7. The Morgan fingerprint density at radius 2 is 2.17 bits per heavy atom. The van der Waals surface area contributed by atoms with Crippen LogP contribution in [0, 0.1) is 6.92 Å². The van der Waals surface area contributed by atoms with Gasteiger partial charge in [-0.1, -0.05) is 24.8 Å². The number of fused-ring (bicyclic) bond motifs is 1. The van der Waals surface area contributed by atoms with Crippen LogP contribution in [0.5, 0.6) is 0 Å². The number of amides is 1. The van der Waals surface area contributed by atoms with E-state index < -0.39 is 0 Å². The molecule has 3 aromatic rings. The minimum Gasteiger partial charge on any atom is -0.348 e. The molecule has 0 saturated carbocycles. The highest BCUT2D eigenvalue weighted by molar-refractivity contribution is 5.87. The van der Waals surface area contributed by atoms with Crippen molar-refractivity contribution in [3.05, 3.63) is 60.4 Å². The number of aryl methyl sites for hydroxylation is 2. The third-order valence-electron chi connectivity index (χ3n) is 3.81. The number of benzene rings is 1. The maximum atomic E-state index is 11.2. The zero-order chi connectivity index (χ0) is 16.4. The Balaban J connectivity index is 1.85. The molecule has 23 heavy (non-hydrogen) atoms. The first kappa shape index (κ1) is 15.0. The number of hydrogen-bond donors (Lipinski definition) is 1. The quantitative estimate of drug-likeness (QED) is 0.754. The highest BCUT2D eigenvalue weighted by Gasteiger charge is 2.07. The summed E-state index contributed by atoms with van der Waals surface area (Å²) in [5, 5.41) is 8.32. The molecule has 1 amide bonds. The molecule has 0 aliphatic rings. The van der Waals surface area contributed by atoms with Gasteiger partial charge in [0.05, 0.1) is 16.9 Å². The van der Waals surface area contributed by atoms with E-state index in [9.17, 15) is 4.79 Å². The monoisotopic (exact) mass is 306 g/mol. The molecule has 0 radical (unpaired) electrons. The van der Waals surface area contributed by atoms with E-state index >= 15 is 0 Å². The molecule has 0 bridgehead atoms. The van der Waals surface area contributed by atoms with Crippen molar-refractivity contribution in [2.24, 2.45) is 7.05 Å². The number of hydrogen-bond acceptors (Lipinski definition) is 3. The number of rotatable bonds is 4. The summed E-state index contributed by atoms with van der Waals surface area (Å²) in [6.07, 6.45) is 3.03. The van der Waals surface area contributed by atoms with E-state index in [1.54, 1.807) is 6.20 Å². The van der Waals surface area contributed by atoms with Gasteiger partial charge in [-0.05, 0) is 30.7 Å². The SMILES string of the molecule is C=CC(=O)NCc1ccc(-c2ccc3c(C)nn(C)c3c2)nc1. The number of nitrogens with one attached hydrogen (secondary N) is 1. The molecule has 0 saturated heterocycles. The molecule has 2 heterocycles. The standard InChI is InChI=1S/C18H18N4O/c1-4-18(23)20-11-13-5-8-16(19-10-13)14-6-7-15-12(2)21-22(3)17(15)9-14/h4-10H,1,11H2,2-3H3,(H,20,23). The molecule has 1 aromatic carbocycles. The van der Waals surface area contributed by atoms with Crippen molar-refractivity contribution in [2.45, 2.75) is 13.5 Å². The van der Waals surface area contributed by atoms with Crippen LogP contribution in [0.15, 0.2) is 49.2 Å². The highest BCUT2D eigenvalue weighted by Crippen LogP contribution is 2.24. The lowest BCUT2D eigenvalue weighted by Gasteiger charge is -2.05. The van der Waals surface area contributed by atoms with Crippen molar-refractivity contribution >= 4 is 16.8 Å². The summed E-state index contributed by atoms with van der Waals surface area (Å²) >= 11 is 0. The minimum atomic E-state index is -0.189. The summed E-state index contributed by atoms with van der Waals surface area (Å²) in [5.41, 5.74) is 4.99. The first-order valence-corrected chi connectivity index (χ1v) is 7.37. The molecule has 5 nitrogen and oxygen atoms in total. The topological polar surface area (TPSA) is 59.8 Å². The zero-order valence-electron chi connectivity index (χ0n) is 13.2. The molecule has 0 aliphatic carbocycles. The van der Waals surface area contributed by atoms with Gasteiger partial charge < -0.3 is 5.32 Å². The average Bonchev–Trinajstić information content (AvgIpc) is 2.87. The van der Waals surface area contributed by atoms with Crippen molar-refractivity contribution in [2.75, 3.05) is 0 Å². The van der Waals surface area contributed by atoms with Gasteiger partial charge in [-0.15, -0.1) is 0 Å². The summed E-state index contributed by atoms with van der Waals surface area (Å²) in [5.74, 6) is -0.189. The summed E-state index contributed by atoms with van der Waals surface area (Å²) < 4.78 is 1.88. The number of nitrogens with zero attached hydrogens (tertiary/aromatic N) is 3. The Kier molecular flexibility index (Phi) is 3.93. The van der Waals surface area contributed by atoms with Gasteiger partial charge in [0.1, 0.15) is 0 Å². The fraction of sp³-hybridized carbons (Fsp3) is 0.167. The highest BCUT2D eigenvalue weighted by atomic mass is 16.1. The van der Waals surface area contributed by atoms with E-state index in [1.165, 1.54) is 6.08 Å². The Morgan fingerprint density at radius 3 is 2.87 bits per heavy atom. The molecular weight excluding hydrogens is 288 g/mol. The van der Waals surface area contributed by atoms with Crippen LogP contribution in [0.25, 0.3) is 22.2 Å². The lowest BCUT2D eigenvalue weighted by Crippen LogP contribution is -2.19. The van der Waals surface area contributed by atoms with Gasteiger partial charge in [-0.2, -0.15) is 5.10 Å². The molecule has 2 aromatic heterocycles. The zero-order valence-corrected chi connectivity index (χ0v) is 13.2. The molecule has 0 spiro atoms. The molecule has 1 N–H and O–H groups in total. The molecule has 0 atom stereocenters. The Bertz CT molecular complexity index is 878. The molecule has 0 fully saturated rings. The smallest absolute Gasteiger partial charge is 0.243 e. The maximum Gasteiger partial charge on any atom is 0.243 e. The van der Waals surface area contributed by atoms with Gasteiger partial charge in [0.2, 0.25) is 5.91 Å². The van der Waals surface area contributed by atoms with Crippen LogP contribution in [0.3, 0.4) is 0 Å². The summed E-state index contributed by atoms with van der Waals surface area (Å²) in [7, 11) is 1.94. The van der Waals surface area contributed by atoms with Crippen LogP contribution in [0.2, 0.25) is 0 Å². The fourth-order valence-corrected chi connectivity index (χ4v) is 2.56. The Labute approximate surface area is 134 Å². The van der Waals surface area contributed by atoms with Crippen LogP contribution >= 0.6 is 0 Å². The van der Waals surface area contributed by atoms with Crippen LogP contribution in [0.1, 0.15) is 11.3 Å². The number of pyridine rings is 1. The van der Waals surface area contributed by atoms with Crippen LogP contribution in [-0.4, -0.2) is 20.7 Å². The maximum absolute atomic E-state index is 11.2. The molecular formula is C18H18N4O. The lowest BCUT2D eigenvalue weighted by atomic mass is 10.1. The van der Waals surface area contributed by atoms with Gasteiger partial charge in [-0.3, -0.25) is 14.5 Å². The number of carbonyl (C=O) groups is 1. The number of aromatic nitrogens is 3. The van der Waals surface area contributed by atoms with Crippen LogP contribution < -0.4 is 5.32 Å². The fourth-order valence-electron chi connectivity index (χ4n) is 2.56. The number of carbonyl (C=O) groups excluding carboxylic acids is 1. The summed E-state index contributed by atoms with van der Waals surface area (Å²) in [6.45, 7) is 5.87. The Hall–Kier alpha value is -2.95. The van der Waals surface area contributed by atoms with E-state index in [0.717, 1.165) is 33.4 Å².